The van der Waals surface area contributed by atoms with Gasteiger partial charge in [-0.05, 0) is 79.0 Å². The van der Waals surface area contributed by atoms with Gasteiger partial charge < -0.3 is 4.74 Å². The molecular weight excluding hydrogens is 561 g/mol. The summed E-state index contributed by atoms with van der Waals surface area (Å²) in [6.07, 6.45) is 3.12. The van der Waals surface area contributed by atoms with Crippen molar-refractivity contribution in [2.75, 3.05) is 4.90 Å². The molecule has 0 atom stereocenters. The topological polar surface area (TPSA) is 71.5 Å². The Balaban J connectivity index is 1.42. The third-order valence-corrected chi connectivity index (χ3v) is 7.43. The molecule has 188 valence electrons. The van der Waals surface area contributed by atoms with Gasteiger partial charge in [0.15, 0.2) is 5.11 Å². The molecule has 38 heavy (non-hydrogen) atoms. The fourth-order valence-electron chi connectivity index (χ4n) is 3.60. The summed E-state index contributed by atoms with van der Waals surface area (Å²) in [6.45, 7) is 0. The van der Waals surface area contributed by atoms with Crippen LogP contribution in [0, 0.1) is 0 Å². The molecule has 1 aliphatic rings. The highest BCUT2D eigenvalue weighted by Crippen LogP contribution is 2.36. The van der Waals surface area contributed by atoms with Gasteiger partial charge in [-0.3, -0.25) is 19.8 Å². The number of hydrogen-bond donors (Lipinski definition) is 1. The monoisotopic (exact) mass is 577 g/mol. The Kier molecular flexibility index (Phi) is 7.76. The summed E-state index contributed by atoms with van der Waals surface area (Å²) >= 11 is 19.0. The summed E-state index contributed by atoms with van der Waals surface area (Å²) in [5.41, 5.74) is 0.974. The number of amides is 2. The van der Waals surface area contributed by atoms with Gasteiger partial charge in [-0.25, -0.2) is 4.98 Å². The van der Waals surface area contributed by atoms with Crippen LogP contribution in [0.4, 0.5) is 5.69 Å². The summed E-state index contributed by atoms with van der Waals surface area (Å²) in [5.74, 6) is 0.129. The van der Waals surface area contributed by atoms with E-state index >= 15 is 0 Å². The van der Waals surface area contributed by atoms with Crippen LogP contribution in [0.15, 0.2) is 107 Å². The number of pyridine rings is 1. The molecule has 1 N–H and O–H groups in total. The lowest BCUT2D eigenvalue weighted by atomic mass is 10.1. The van der Waals surface area contributed by atoms with Gasteiger partial charge in [0.2, 0.25) is 0 Å². The molecule has 0 saturated carbocycles. The molecule has 1 aromatic heterocycles. The molecule has 1 saturated heterocycles. The van der Waals surface area contributed by atoms with Crippen LogP contribution in [-0.4, -0.2) is 21.9 Å². The maximum Gasteiger partial charge on any atom is 0.270 e. The molecule has 0 radical (unpaired) electrons. The summed E-state index contributed by atoms with van der Waals surface area (Å²) in [7, 11) is 0. The number of halogens is 2. The zero-order valence-electron chi connectivity index (χ0n) is 19.4. The number of carbonyl (C=O) groups is 2. The number of aromatic nitrogens is 1. The molecule has 10 heteroatoms. The SMILES string of the molecule is O=C1NC(=S)N(c2ccc(Oc3ccccc3)cc2)C(=O)C1=Cc1cccnc1Sc1ccc(Cl)cc1Cl. The minimum atomic E-state index is -0.593. The molecule has 0 bridgehead atoms. The molecular formula is C28H17Cl2N3O3S2. The number of para-hydroxylation sites is 1. The minimum absolute atomic E-state index is 0.0115. The average Bonchev–Trinajstić information content (AvgIpc) is 2.90. The van der Waals surface area contributed by atoms with Gasteiger partial charge >= 0.3 is 0 Å². The maximum atomic E-state index is 13.5. The van der Waals surface area contributed by atoms with Gasteiger partial charge in [0, 0.05) is 21.7 Å². The van der Waals surface area contributed by atoms with E-state index in [1.165, 1.54) is 22.7 Å². The highest BCUT2D eigenvalue weighted by Gasteiger charge is 2.34. The quantitative estimate of drug-likeness (QED) is 0.149. The number of nitrogens with one attached hydrogen (secondary N) is 1. The molecule has 6 nitrogen and oxygen atoms in total. The van der Waals surface area contributed by atoms with Crippen LogP contribution >= 0.6 is 47.2 Å². The Morgan fingerprint density at radius 1 is 0.921 bits per heavy atom. The van der Waals surface area contributed by atoms with Gasteiger partial charge in [-0.15, -0.1) is 0 Å². The Morgan fingerprint density at radius 2 is 1.66 bits per heavy atom. The molecule has 0 unspecified atom stereocenters. The third kappa shape index (κ3) is 5.74. The standard InChI is InChI=1S/C28H17Cl2N3O3S2/c29-18-8-13-24(23(30)16-18)38-26-17(5-4-14-31-26)15-22-25(34)32-28(37)33(27(22)35)19-9-11-21(12-10-19)36-20-6-2-1-3-7-20/h1-16H,(H,32,34,37). The molecule has 0 spiro atoms. The van der Waals surface area contributed by atoms with E-state index in [9.17, 15) is 9.59 Å². The van der Waals surface area contributed by atoms with E-state index in [2.05, 4.69) is 10.3 Å². The van der Waals surface area contributed by atoms with Crippen LogP contribution in [-0.2, 0) is 9.59 Å². The largest absolute Gasteiger partial charge is 0.457 e. The molecule has 2 amide bonds. The zero-order chi connectivity index (χ0) is 26.6. The van der Waals surface area contributed by atoms with E-state index in [0.717, 1.165) is 4.90 Å². The van der Waals surface area contributed by atoms with E-state index in [1.807, 2.05) is 30.3 Å². The van der Waals surface area contributed by atoms with Crippen molar-refractivity contribution in [3.05, 3.63) is 112 Å². The number of thiocarbonyl (C=S) groups is 1. The van der Waals surface area contributed by atoms with Crippen molar-refractivity contribution in [3.8, 4) is 11.5 Å². The maximum absolute atomic E-state index is 13.5. The highest BCUT2D eigenvalue weighted by atomic mass is 35.5. The molecule has 4 aromatic rings. The fraction of sp³-hybridized carbons (Fsp3) is 0. The van der Waals surface area contributed by atoms with Gasteiger partial charge in [0.1, 0.15) is 22.1 Å². The van der Waals surface area contributed by atoms with Gasteiger partial charge in [-0.1, -0.05) is 59.2 Å². The lowest BCUT2D eigenvalue weighted by Crippen LogP contribution is -2.54. The summed E-state index contributed by atoms with van der Waals surface area (Å²) < 4.78 is 5.83. The van der Waals surface area contributed by atoms with Crippen LogP contribution in [0.3, 0.4) is 0 Å². The van der Waals surface area contributed by atoms with E-state index < -0.39 is 11.8 Å². The van der Waals surface area contributed by atoms with Gasteiger partial charge in [-0.2, -0.15) is 0 Å². The van der Waals surface area contributed by atoms with E-state index in [-0.39, 0.29) is 10.7 Å². The number of rotatable bonds is 6. The number of ether oxygens (including phenoxy) is 1. The number of benzene rings is 3. The Bertz CT molecular complexity index is 1580. The first-order valence-electron chi connectivity index (χ1n) is 11.2. The first-order chi connectivity index (χ1) is 18.4. The molecule has 1 fully saturated rings. The number of carbonyl (C=O) groups excluding carboxylic acids is 2. The Labute approximate surface area is 238 Å². The number of hydrogen-bond acceptors (Lipinski definition) is 6. The van der Waals surface area contributed by atoms with Crippen LogP contribution in [0.1, 0.15) is 5.56 Å². The molecule has 3 aromatic carbocycles. The van der Waals surface area contributed by atoms with E-state index in [4.69, 9.17) is 40.2 Å². The van der Waals surface area contributed by atoms with Crippen LogP contribution in [0.25, 0.3) is 6.08 Å². The van der Waals surface area contributed by atoms with Crippen molar-refractivity contribution < 1.29 is 14.3 Å². The minimum Gasteiger partial charge on any atom is -0.457 e. The zero-order valence-corrected chi connectivity index (χ0v) is 22.6. The van der Waals surface area contributed by atoms with E-state index in [1.54, 1.807) is 60.8 Å². The second kappa shape index (κ2) is 11.4. The Hall–Kier alpha value is -3.69. The summed E-state index contributed by atoms with van der Waals surface area (Å²) in [6, 6.07) is 24.8. The average molecular weight is 579 g/mol. The number of anilines is 1. The first kappa shape index (κ1) is 25.9. The third-order valence-electron chi connectivity index (χ3n) is 5.38. The second-order valence-corrected chi connectivity index (χ2v) is 10.2. The van der Waals surface area contributed by atoms with Crippen molar-refractivity contribution >= 4 is 75.9 Å². The van der Waals surface area contributed by atoms with Crippen molar-refractivity contribution in [1.82, 2.24) is 10.3 Å². The first-order valence-corrected chi connectivity index (χ1v) is 13.2. The van der Waals surface area contributed by atoms with Crippen molar-refractivity contribution in [2.45, 2.75) is 9.92 Å². The Morgan fingerprint density at radius 3 is 2.39 bits per heavy atom. The van der Waals surface area contributed by atoms with Crippen LogP contribution in [0.5, 0.6) is 11.5 Å². The molecule has 5 rings (SSSR count). The normalized spacial score (nSPS) is 14.5. The van der Waals surface area contributed by atoms with Crippen molar-refractivity contribution in [1.29, 1.82) is 0 Å². The predicted molar refractivity (Wildman–Crippen MR) is 154 cm³/mol. The smallest absolute Gasteiger partial charge is 0.270 e. The van der Waals surface area contributed by atoms with E-state index in [0.29, 0.717) is 37.8 Å². The summed E-state index contributed by atoms with van der Waals surface area (Å²) in [4.78, 5) is 32.7. The van der Waals surface area contributed by atoms with Gasteiger partial charge in [0.05, 0.1) is 10.7 Å². The molecule has 0 aliphatic carbocycles. The lowest BCUT2D eigenvalue weighted by Gasteiger charge is -2.29. The molecule has 2 heterocycles. The van der Waals surface area contributed by atoms with Crippen LogP contribution in [0.2, 0.25) is 10.0 Å². The number of nitrogens with zero attached hydrogens (tertiary/aromatic N) is 2. The molecule has 1 aliphatic heterocycles. The summed E-state index contributed by atoms with van der Waals surface area (Å²) in [5, 5.41) is 4.14. The van der Waals surface area contributed by atoms with Gasteiger partial charge in [0.25, 0.3) is 11.8 Å². The lowest BCUT2D eigenvalue weighted by molar-refractivity contribution is -0.122. The van der Waals surface area contributed by atoms with Crippen molar-refractivity contribution in [2.24, 2.45) is 0 Å². The second-order valence-electron chi connectivity index (χ2n) is 7.94. The van der Waals surface area contributed by atoms with Crippen LogP contribution < -0.4 is 15.0 Å². The predicted octanol–water partition coefficient (Wildman–Crippen LogP) is 7.16. The highest BCUT2D eigenvalue weighted by molar-refractivity contribution is 7.99. The fourth-order valence-corrected chi connectivity index (χ4v) is 5.26. The van der Waals surface area contributed by atoms with Crippen molar-refractivity contribution in [3.63, 3.8) is 0 Å².